The zero-order chi connectivity index (χ0) is 11.8. The molecule has 0 saturated carbocycles. The second-order valence-electron chi connectivity index (χ2n) is 5.40. The molecular formula is C12H19NO3. The van der Waals surface area contributed by atoms with Gasteiger partial charge in [-0.25, -0.2) is 4.79 Å². The van der Waals surface area contributed by atoms with Gasteiger partial charge >= 0.3 is 6.09 Å². The Kier molecular flexibility index (Phi) is 2.70. The highest BCUT2D eigenvalue weighted by atomic mass is 16.6. The maximum atomic E-state index is 12.0. The Hall–Kier alpha value is -1.03. The standard InChI is InChI=1S/C12H19NO3/c1-11(2,3)16-10(14)13-7-4-5-12(13)6-8-15-9-12/h4-5H,6-9H2,1-3H3. The minimum Gasteiger partial charge on any atom is -0.444 e. The van der Waals surface area contributed by atoms with Gasteiger partial charge in [-0.2, -0.15) is 0 Å². The lowest BCUT2D eigenvalue weighted by Gasteiger charge is -2.34. The van der Waals surface area contributed by atoms with Crippen LogP contribution in [0.3, 0.4) is 0 Å². The number of carbonyl (C=O) groups is 1. The second-order valence-corrected chi connectivity index (χ2v) is 5.40. The van der Waals surface area contributed by atoms with Crippen LogP contribution in [0.15, 0.2) is 12.2 Å². The first-order chi connectivity index (χ1) is 7.43. The summed E-state index contributed by atoms with van der Waals surface area (Å²) in [5, 5.41) is 0. The minimum absolute atomic E-state index is 0.247. The lowest BCUT2D eigenvalue weighted by molar-refractivity contribution is 0.0100. The van der Waals surface area contributed by atoms with Gasteiger partial charge in [-0.05, 0) is 20.8 Å². The van der Waals surface area contributed by atoms with E-state index in [-0.39, 0.29) is 11.6 Å². The van der Waals surface area contributed by atoms with Crippen molar-refractivity contribution in [2.75, 3.05) is 19.8 Å². The molecule has 0 N–H and O–H groups in total. The summed E-state index contributed by atoms with van der Waals surface area (Å²) in [4.78, 5) is 13.8. The van der Waals surface area contributed by atoms with Crippen LogP contribution in [0.1, 0.15) is 27.2 Å². The summed E-state index contributed by atoms with van der Waals surface area (Å²) in [7, 11) is 0. The van der Waals surface area contributed by atoms with E-state index in [0.717, 1.165) is 6.42 Å². The van der Waals surface area contributed by atoms with E-state index < -0.39 is 5.60 Å². The van der Waals surface area contributed by atoms with Gasteiger partial charge in [0.15, 0.2) is 0 Å². The molecule has 1 amide bonds. The number of hydrogen-bond acceptors (Lipinski definition) is 3. The van der Waals surface area contributed by atoms with Crippen molar-refractivity contribution < 1.29 is 14.3 Å². The zero-order valence-electron chi connectivity index (χ0n) is 10.2. The van der Waals surface area contributed by atoms with Gasteiger partial charge in [0.05, 0.1) is 12.1 Å². The average Bonchev–Trinajstić information content (AvgIpc) is 2.74. The molecule has 0 aromatic carbocycles. The van der Waals surface area contributed by atoms with E-state index >= 15 is 0 Å². The van der Waals surface area contributed by atoms with Crippen LogP contribution >= 0.6 is 0 Å². The molecule has 1 saturated heterocycles. The number of ether oxygens (including phenoxy) is 2. The summed E-state index contributed by atoms with van der Waals surface area (Å²) in [6.07, 6.45) is 4.70. The van der Waals surface area contributed by atoms with Gasteiger partial charge in [-0.15, -0.1) is 0 Å². The van der Waals surface area contributed by atoms with E-state index in [1.807, 2.05) is 26.8 Å². The second kappa shape index (κ2) is 3.77. The Morgan fingerprint density at radius 3 is 2.81 bits per heavy atom. The van der Waals surface area contributed by atoms with E-state index in [1.165, 1.54) is 0 Å². The highest BCUT2D eigenvalue weighted by Crippen LogP contribution is 2.32. The Bertz CT molecular complexity index is 311. The Morgan fingerprint density at radius 2 is 2.25 bits per heavy atom. The molecule has 1 fully saturated rings. The Balaban J connectivity index is 2.07. The highest BCUT2D eigenvalue weighted by molar-refractivity contribution is 5.71. The predicted molar refractivity (Wildman–Crippen MR) is 60.2 cm³/mol. The number of amides is 1. The van der Waals surface area contributed by atoms with Crippen molar-refractivity contribution in [1.29, 1.82) is 0 Å². The summed E-state index contributed by atoms with van der Waals surface area (Å²) >= 11 is 0. The summed E-state index contributed by atoms with van der Waals surface area (Å²) in [5.74, 6) is 0. The largest absolute Gasteiger partial charge is 0.444 e. The lowest BCUT2D eigenvalue weighted by atomic mass is 9.99. The molecule has 2 heterocycles. The van der Waals surface area contributed by atoms with Crippen LogP contribution in [0.25, 0.3) is 0 Å². The minimum atomic E-state index is -0.444. The van der Waals surface area contributed by atoms with E-state index in [2.05, 4.69) is 6.08 Å². The topological polar surface area (TPSA) is 38.8 Å². The summed E-state index contributed by atoms with van der Waals surface area (Å²) in [5.41, 5.74) is -0.692. The fourth-order valence-corrected chi connectivity index (χ4v) is 2.14. The first-order valence-electron chi connectivity index (χ1n) is 5.69. The molecule has 4 heteroatoms. The van der Waals surface area contributed by atoms with E-state index in [9.17, 15) is 4.79 Å². The highest BCUT2D eigenvalue weighted by Gasteiger charge is 2.44. The lowest BCUT2D eigenvalue weighted by Crippen LogP contribution is -2.49. The first kappa shape index (κ1) is 11.5. The van der Waals surface area contributed by atoms with Crippen molar-refractivity contribution in [2.45, 2.75) is 38.3 Å². The normalized spacial score (nSPS) is 29.1. The van der Waals surface area contributed by atoms with Crippen LogP contribution < -0.4 is 0 Å². The van der Waals surface area contributed by atoms with Gasteiger partial charge in [0.2, 0.25) is 0 Å². The third-order valence-electron chi connectivity index (χ3n) is 2.90. The van der Waals surface area contributed by atoms with Crippen molar-refractivity contribution in [3.05, 3.63) is 12.2 Å². The molecule has 0 aliphatic carbocycles. The molecule has 0 aromatic rings. The van der Waals surface area contributed by atoms with Crippen LogP contribution in [0.2, 0.25) is 0 Å². The van der Waals surface area contributed by atoms with Gasteiger partial charge in [-0.1, -0.05) is 12.2 Å². The van der Waals surface area contributed by atoms with Crippen LogP contribution in [0.5, 0.6) is 0 Å². The SMILES string of the molecule is CC(C)(C)OC(=O)N1CC=CC12CCOC2. The van der Waals surface area contributed by atoms with Crippen LogP contribution in [0.4, 0.5) is 4.79 Å². The molecule has 1 unspecified atom stereocenters. The van der Waals surface area contributed by atoms with Gasteiger partial charge in [0.25, 0.3) is 0 Å². The van der Waals surface area contributed by atoms with E-state index in [1.54, 1.807) is 4.90 Å². The van der Waals surface area contributed by atoms with Crippen molar-refractivity contribution in [1.82, 2.24) is 4.90 Å². The average molecular weight is 225 g/mol. The molecule has 0 radical (unpaired) electrons. The molecule has 0 bridgehead atoms. The molecule has 16 heavy (non-hydrogen) atoms. The fourth-order valence-electron chi connectivity index (χ4n) is 2.14. The van der Waals surface area contributed by atoms with Crippen molar-refractivity contribution in [2.24, 2.45) is 0 Å². The van der Waals surface area contributed by atoms with Crippen LogP contribution in [-0.2, 0) is 9.47 Å². The smallest absolute Gasteiger partial charge is 0.411 e. The maximum absolute atomic E-state index is 12.0. The molecule has 2 aliphatic rings. The molecule has 1 atom stereocenters. The fraction of sp³-hybridized carbons (Fsp3) is 0.750. The van der Waals surface area contributed by atoms with Crippen LogP contribution in [0, 0.1) is 0 Å². The van der Waals surface area contributed by atoms with E-state index in [0.29, 0.717) is 19.8 Å². The summed E-state index contributed by atoms with van der Waals surface area (Å²) in [6, 6.07) is 0. The number of hydrogen-bond donors (Lipinski definition) is 0. The third-order valence-corrected chi connectivity index (χ3v) is 2.90. The summed E-state index contributed by atoms with van der Waals surface area (Å²) < 4.78 is 10.8. The quantitative estimate of drug-likeness (QED) is 0.591. The van der Waals surface area contributed by atoms with Crippen molar-refractivity contribution >= 4 is 6.09 Å². The summed E-state index contributed by atoms with van der Waals surface area (Å²) in [6.45, 7) is 7.56. The van der Waals surface area contributed by atoms with E-state index in [4.69, 9.17) is 9.47 Å². The van der Waals surface area contributed by atoms with Gasteiger partial charge < -0.3 is 9.47 Å². The molecule has 4 nitrogen and oxygen atoms in total. The first-order valence-corrected chi connectivity index (χ1v) is 5.69. The van der Waals surface area contributed by atoms with Crippen LogP contribution in [-0.4, -0.2) is 41.9 Å². The zero-order valence-corrected chi connectivity index (χ0v) is 10.2. The molecular weight excluding hydrogens is 206 g/mol. The third kappa shape index (κ3) is 2.07. The molecule has 1 spiro atoms. The number of carbonyl (C=O) groups excluding carboxylic acids is 1. The molecule has 0 aromatic heterocycles. The Morgan fingerprint density at radius 1 is 1.50 bits per heavy atom. The maximum Gasteiger partial charge on any atom is 0.411 e. The molecule has 2 aliphatic heterocycles. The number of rotatable bonds is 0. The van der Waals surface area contributed by atoms with Gasteiger partial charge in [0.1, 0.15) is 5.60 Å². The Labute approximate surface area is 96.2 Å². The van der Waals surface area contributed by atoms with Gasteiger partial charge in [-0.3, -0.25) is 4.90 Å². The van der Waals surface area contributed by atoms with Gasteiger partial charge in [0, 0.05) is 19.6 Å². The molecule has 90 valence electrons. The van der Waals surface area contributed by atoms with Crippen molar-refractivity contribution in [3.8, 4) is 0 Å². The molecule has 2 rings (SSSR count). The predicted octanol–water partition coefficient (Wildman–Crippen LogP) is 1.95. The van der Waals surface area contributed by atoms with Crippen molar-refractivity contribution in [3.63, 3.8) is 0 Å². The number of nitrogens with zero attached hydrogens (tertiary/aromatic N) is 1. The monoisotopic (exact) mass is 225 g/mol.